The van der Waals surface area contributed by atoms with Gasteiger partial charge in [0, 0.05) is 12.1 Å². The molecule has 1 unspecified atom stereocenters. The van der Waals surface area contributed by atoms with Gasteiger partial charge in [0.2, 0.25) is 0 Å². The molecule has 0 radical (unpaired) electrons. The molecule has 8 heteroatoms. The van der Waals surface area contributed by atoms with Crippen molar-refractivity contribution in [2.24, 2.45) is 5.92 Å². The molecule has 0 saturated heterocycles. The van der Waals surface area contributed by atoms with Crippen LogP contribution >= 0.6 is 0 Å². The number of H-pyrrole nitrogens is 2. The van der Waals surface area contributed by atoms with Crippen LogP contribution in [0.25, 0.3) is 0 Å². The maximum absolute atomic E-state index is 12.1. The number of nitrogens with one attached hydrogen (secondary N) is 3. The number of hydrogen-bond donors (Lipinski definition) is 3. The third-order valence-corrected chi connectivity index (χ3v) is 3.27. The van der Waals surface area contributed by atoms with Crippen molar-refractivity contribution < 1.29 is 4.79 Å². The smallest absolute Gasteiger partial charge is 0.305 e. The Morgan fingerprint density at radius 3 is 2.62 bits per heavy atom. The molecule has 112 valence electrons. The SMILES string of the molecule is CC(C)C(C)n1nccc1NC(=O)c1cc(=O)[nH]c(=O)[nH]1. The second kappa shape index (κ2) is 5.78. The quantitative estimate of drug-likeness (QED) is 0.770. The monoisotopic (exact) mass is 291 g/mol. The molecule has 0 bridgehead atoms. The zero-order chi connectivity index (χ0) is 15.6. The molecule has 0 saturated carbocycles. The largest absolute Gasteiger partial charge is 0.326 e. The van der Waals surface area contributed by atoms with Crippen molar-refractivity contribution >= 4 is 11.7 Å². The maximum Gasteiger partial charge on any atom is 0.326 e. The fourth-order valence-electron chi connectivity index (χ4n) is 1.79. The van der Waals surface area contributed by atoms with Gasteiger partial charge in [-0.3, -0.25) is 14.6 Å². The molecular weight excluding hydrogens is 274 g/mol. The highest BCUT2D eigenvalue weighted by Crippen LogP contribution is 2.20. The van der Waals surface area contributed by atoms with E-state index in [-0.39, 0.29) is 11.7 Å². The molecule has 21 heavy (non-hydrogen) atoms. The molecule has 0 aliphatic carbocycles. The standard InChI is InChI=1S/C13H17N5O3/c1-7(2)8(3)18-10(4-5-14-18)16-12(20)9-6-11(19)17-13(21)15-9/h4-8H,1-3H3,(H,16,20)(H2,15,17,19,21). The predicted molar refractivity (Wildman–Crippen MR) is 77.4 cm³/mol. The Balaban J connectivity index is 2.26. The highest BCUT2D eigenvalue weighted by Gasteiger charge is 2.16. The second-order valence-electron chi connectivity index (χ2n) is 5.10. The molecule has 2 heterocycles. The molecule has 2 aromatic rings. The van der Waals surface area contributed by atoms with Gasteiger partial charge >= 0.3 is 5.69 Å². The van der Waals surface area contributed by atoms with E-state index >= 15 is 0 Å². The Labute approximate surface area is 120 Å². The van der Waals surface area contributed by atoms with E-state index < -0.39 is 17.2 Å². The van der Waals surface area contributed by atoms with E-state index in [1.165, 1.54) is 0 Å². The van der Waals surface area contributed by atoms with Crippen molar-refractivity contribution in [1.82, 2.24) is 19.7 Å². The van der Waals surface area contributed by atoms with Crippen LogP contribution in [0.5, 0.6) is 0 Å². The van der Waals surface area contributed by atoms with Crippen molar-refractivity contribution in [1.29, 1.82) is 0 Å². The van der Waals surface area contributed by atoms with Crippen molar-refractivity contribution in [2.75, 3.05) is 5.32 Å². The third kappa shape index (κ3) is 3.28. The number of amides is 1. The molecule has 0 fully saturated rings. The lowest BCUT2D eigenvalue weighted by molar-refractivity contribution is 0.102. The predicted octanol–water partition coefficient (Wildman–Crippen LogP) is 0.729. The minimum absolute atomic E-state index is 0.0912. The van der Waals surface area contributed by atoms with E-state index in [9.17, 15) is 14.4 Å². The number of aromatic amines is 2. The fourth-order valence-corrected chi connectivity index (χ4v) is 1.79. The van der Waals surface area contributed by atoms with Gasteiger partial charge in [-0.15, -0.1) is 0 Å². The second-order valence-corrected chi connectivity index (χ2v) is 5.10. The number of hydrogen-bond acceptors (Lipinski definition) is 4. The van der Waals surface area contributed by atoms with Crippen LogP contribution in [-0.4, -0.2) is 25.7 Å². The van der Waals surface area contributed by atoms with Crippen LogP contribution in [0.4, 0.5) is 5.82 Å². The van der Waals surface area contributed by atoms with Crippen LogP contribution in [0.3, 0.4) is 0 Å². The molecule has 1 atom stereocenters. The molecule has 3 N–H and O–H groups in total. The van der Waals surface area contributed by atoms with E-state index in [4.69, 9.17) is 0 Å². The lowest BCUT2D eigenvalue weighted by atomic mass is 10.1. The molecule has 2 aromatic heterocycles. The van der Waals surface area contributed by atoms with E-state index in [1.54, 1.807) is 16.9 Å². The van der Waals surface area contributed by atoms with Gasteiger partial charge in [-0.05, 0) is 12.8 Å². The Morgan fingerprint density at radius 2 is 2.00 bits per heavy atom. The fraction of sp³-hybridized carbons (Fsp3) is 0.385. The van der Waals surface area contributed by atoms with Crippen molar-refractivity contribution in [3.05, 3.63) is 44.9 Å². The lowest BCUT2D eigenvalue weighted by Gasteiger charge is -2.19. The number of carbonyl (C=O) groups is 1. The summed E-state index contributed by atoms with van der Waals surface area (Å²) in [5.41, 5.74) is -1.46. The Morgan fingerprint density at radius 1 is 1.29 bits per heavy atom. The number of rotatable bonds is 4. The average molecular weight is 291 g/mol. The Kier molecular flexibility index (Phi) is 4.06. The normalized spacial score (nSPS) is 12.4. The summed E-state index contributed by atoms with van der Waals surface area (Å²) in [4.78, 5) is 38.8. The Bertz CT molecular complexity index is 727. The van der Waals surface area contributed by atoms with Gasteiger partial charge in [-0.2, -0.15) is 5.10 Å². The van der Waals surface area contributed by atoms with Gasteiger partial charge in [-0.1, -0.05) is 13.8 Å². The molecule has 0 aliphatic heterocycles. The minimum Gasteiger partial charge on any atom is -0.305 e. The molecule has 0 aromatic carbocycles. The number of carbonyl (C=O) groups excluding carboxylic acids is 1. The van der Waals surface area contributed by atoms with Crippen molar-refractivity contribution in [3.8, 4) is 0 Å². The van der Waals surface area contributed by atoms with Crippen LogP contribution < -0.4 is 16.6 Å². The highest BCUT2D eigenvalue weighted by atomic mass is 16.2. The summed E-state index contributed by atoms with van der Waals surface area (Å²) in [5.74, 6) is 0.262. The van der Waals surface area contributed by atoms with Gasteiger partial charge in [0.1, 0.15) is 11.5 Å². The summed E-state index contributed by atoms with van der Waals surface area (Å²) in [5, 5.41) is 6.82. The highest BCUT2D eigenvalue weighted by molar-refractivity contribution is 6.02. The first-order chi connectivity index (χ1) is 9.88. The van der Waals surface area contributed by atoms with Gasteiger partial charge in [0.15, 0.2) is 0 Å². The molecule has 0 spiro atoms. The number of nitrogens with zero attached hydrogens (tertiary/aromatic N) is 2. The molecule has 2 rings (SSSR count). The average Bonchev–Trinajstić information content (AvgIpc) is 2.84. The van der Waals surface area contributed by atoms with Crippen molar-refractivity contribution in [3.63, 3.8) is 0 Å². The third-order valence-electron chi connectivity index (χ3n) is 3.27. The van der Waals surface area contributed by atoms with E-state index in [1.807, 2.05) is 25.8 Å². The number of anilines is 1. The van der Waals surface area contributed by atoms with Crippen LogP contribution in [0.2, 0.25) is 0 Å². The first kappa shape index (κ1) is 14.8. The van der Waals surface area contributed by atoms with Crippen LogP contribution in [-0.2, 0) is 0 Å². The Hall–Kier alpha value is -2.64. The molecule has 0 aliphatic rings. The first-order valence-corrected chi connectivity index (χ1v) is 6.57. The molecular formula is C13H17N5O3. The van der Waals surface area contributed by atoms with Gasteiger partial charge < -0.3 is 10.3 Å². The summed E-state index contributed by atoms with van der Waals surface area (Å²) < 4.78 is 1.69. The number of aromatic nitrogens is 4. The summed E-state index contributed by atoms with van der Waals surface area (Å²) in [6.07, 6.45) is 1.58. The van der Waals surface area contributed by atoms with E-state index in [2.05, 4.69) is 15.4 Å². The van der Waals surface area contributed by atoms with Gasteiger partial charge in [0.05, 0.1) is 12.2 Å². The van der Waals surface area contributed by atoms with Crippen LogP contribution in [0.1, 0.15) is 37.3 Å². The summed E-state index contributed by atoms with van der Waals surface area (Å²) in [7, 11) is 0. The zero-order valence-electron chi connectivity index (χ0n) is 12.0. The van der Waals surface area contributed by atoms with Crippen LogP contribution in [0.15, 0.2) is 27.9 Å². The molecule has 8 nitrogen and oxygen atoms in total. The van der Waals surface area contributed by atoms with Gasteiger partial charge in [0.25, 0.3) is 11.5 Å². The summed E-state index contributed by atoms with van der Waals surface area (Å²) in [6.45, 7) is 6.08. The minimum atomic E-state index is -0.725. The first-order valence-electron chi connectivity index (χ1n) is 6.57. The van der Waals surface area contributed by atoms with E-state index in [0.717, 1.165) is 6.07 Å². The summed E-state index contributed by atoms with van der Waals surface area (Å²) >= 11 is 0. The lowest BCUT2D eigenvalue weighted by Crippen LogP contribution is -2.28. The van der Waals surface area contributed by atoms with Crippen molar-refractivity contribution in [2.45, 2.75) is 26.8 Å². The van der Waals surface area contributed by atoms with E-state index in [0.29, 0.717) is 11.7 Å². The van der Waals surface area contributed by atoms with Crippen LogP contribution in [0, 0.1) is 5.92 Å². The maximum atomic E-state index is 12.1. The topological polar surface area (TPSA) is 113 Å². The summed E-state index contributed by atoms with van der Waals surface area (Å²) in [6, 6.07) is 2.78. The van der Waals surface area contributed by atoms with Gasteiger partial charge in [-0.25, -0.2) is 9.48 Å². The zero-order valence-corrected chi connectivity index (χ0v) is 12.0. The molecule has 1 amide bonds.